The van der Waals surface area contributed by atoms with E-state index in [4.69, 9.17) is 0 Å². The van der Waals surface area contributed by atoms with Gasteiger partial charge in [0.1, 0.15) is 5.82 Å². The summed E-state index contributed by atoms with van der Waals surface area (Å²) < 4.78 is 36.4. The molecule has 70 valence electrons. The standard InChI is InChI=1S/C9H7F3O/c10-7-4-2-1-3-6(7)5-8(13)9(11)12/h1-4,9H,5H2. The monoisotopic (exact) mass is 188 g/mol. The van der Waals surface area contributed by atoms with Crippen molar-refractivity contribution in [2.45, 2.75) is 12.8 Å². The minimum Gasteiger partial charge on any atom is -0.293 e. The van der Waals surface area contributed by atoms with Crippen LogP contribution in [0.3, 0.4) is 0 Å². The van der Waals surface area contributed by atoms with E-state index in [1.165, 1.54) is 18.2 Å². The molecule has 1 aromatic rings. The van der Waals surface area contributed by atoms with Gasteiger partial charge >= 0.3 is 0 Å². The Labute approximate surface area is 73.2 Å². The maximum absolute atomic E-state index is 12.8. The number of benzene rings is 1. The topological polar surface area (TPSA) is 17.1 Å². The molecule has 0 aliphatic heterocycles. The summed E-state index contributed by atoms with van der Waals surface area (Å²) in [5.41, 5.74) is 0.00722. The zero-order valence-electron chi connectivity index (χ0n) is 6.64. The van der Waals surface area contributed by atoms with Crippen molar-refractivity contribution in [3.63, 3.8) is 0 Å². The zero-order valence-corrected chi connectivity index (χ0v) is 6.64. The van der Waals surface area contributed by atoms with Crippen molar-refractivity contribution in [3.8, 4) is 0 Å². The minimum atomic E-state index is -3.03. The van der Waals surface area contributed by atoms with Crippen LogP contribution in [0.15, 0.2) is 24.3 Å². The van der Waals surface area contributed by atoms with Crippen molar-refractivity contribution in [3.05, 3.63) is 35.6 Å². The second-order valence-corrected chi connectivity index (χ2v) is 2.54. The fraction of sp³-hybridized carbons (Fsp3) is 0.222. The van der Waals surface area contributed by atoms with Gasteiger partial charge in [0, 0.05) is 6.42 Å². The third-order valence-corrected chi connectivity index (χ3v) is 1.57. The van der Waals surface area contributed by atoms with Crippen LogP contribution in [0.1, 0.15) is 5.56 Å². The Morgan fingerprint density at radius 1 is 1.31 bits per heavy atom. The Morgan fingerprint density at radius 3 is 2.46 bits per heavy atom. The molecule has 0 heterocycles. The summed E-state index contributed by atoms with van der Waals surface area (Å²) in [6, 6.07) is 5.38. The first kappa shape index (κ1) is 9.77. The van der Waals surface area contributed by atoms with Gasteiger partial charge in [0.2, 0.25) is 5.78 Å². The van der Waals surface area contributed by atoms with Gasteiger partial charge in [-0.05, 0) is 11.6 Å². The summed E-state index contributed by atoms with van der Waals surface area (Å²) in [7, 11) is 0. The first-order valence-electron chi connectivity index (χ1n) is 3.65. The van der Waals surface area contributed by atoms with Crippen LogP contribution >= 0.6 is 0 Å². The molecule has 0 saturated carbocycles. The largest absolute Gasteiger partial charge is 0.296 e. The van der Waals surface area contributed by atoms with Gasteiger partial charge in [-0.3, -0.25) is 4.79 Å². The summed E-state index contributed by atoms with van der Waals surface area (Å²) in [4.78, 5) is 10.5. The van der Waals surface area contributed by atoms with Gasteiger partial charge in [0.05, 0.1) is 0 Å². The summed E-state index contributed by atoms with van der Waals surface area (Å²) >= 11 is 0. The highest BCUT2D eigenvalue weighted by molar-refractivity contribution is 5.83. The SMILES string of the molecule is O=C(Cc1ccccc1F)C(F)F. The molecule has 0 radical (unpaired) electrons. The van der Waals surface area contributed by atoms with Gasteiger partial charge in [-0.25, -0.2) is 13.2 Å². The lowest BCUT2D eigenvalue weighted by Crippen LogP contribution is -2.13. The third kappa shape index (κ3) is 2.57. The molecule has 0 aliphatic rings. The fourth-order valence-corrected chi connectivity index (χ4v) is 0.907. The highest BCUT2D eigenvalue weighted by Gasteiger charge is 2.16. The first-order chi connectivity index (χ1) is 6.11. The Bertz CT molecular complexity index is 309. The Hall–Kier alpha value is -1.32. The first-order valence-corrected chi connectivity index (χ1v) is 3.65. The number of carbonyl (C=O) groups excluding carboxylic acids is 1. The lowest BCUT2D eigenvalue weighted by Gasteiger charge is -2.00. The van der Waals surface area contributed by atoms with E-state index in [0.29, 0.717) is 0 Å². The van der Waals surface area contributed by atoms with E-state index in [-0.39, 0.29) is 5.56 Å². The van der Waals surface area contributed by atoms with Crippen LogP contribution in [-0.4, -0.2) is 12.2 Å². The van der Waals surface area contributed by atoms with E-state index in [2.05, 4.69) is 0 Å². The fourth-order valence-electron chi connectivity index (χ4n) is 0.907. The van der Waals surface area contributed by atoms with Crippen LogP contribution in [0.4, 0.5) is 13.2 Å². The summed E-state index contributed by atoms with van der Waals surface area (Å²) in [6.45, 7) is 0. The van der Waals surface area contributed by atoms with E-state index >= 15 is 0 Å². The van der Waals surface area contributed by atoms with Crippen LogP contribution in [0.5, 0.6) is 0 Å². The molecular weight excluding hydrogens is 181 g/mol. The van der Waals surface area contributed by atoms with Crippen molar-refractivity contribution in [1.82, 2.24) is 0 Å². The Kier molecular flexibility index (Phi) is 3.06. The number of ketones is 1. The van der Waals surface area contributed by atoms with Crippen molar-refractivity contribution < 1.29 is 18.0 Å². The smallest absolute Gasteiger partial charge is 0.293 e. The second-order valence-electron chi connectivity index (χ2n) is 2.54. The molecule has 0 aromatic heterocycles. The molecule has 0 atom stereocenters. The molecule has 0 N–H and O–H groups in total. The predicted octanol–water partition coefficient (Wildman–Crippen LogP) is 2.20. The van der Waals surface area contributed by atoms with Gasteiger partial charge in [0.25, 0.3) is 6.43 Å². The van der Waals surface area contributed by atoms with Crippen LogP contribution in [0.2, 0.25) is 0 Å². The maximum Gasteiger partial charge on any atom is 0.296 e. The third-order valence-electron chi connectivity index (χ3n) is 1.57. The number of carbonyl (C=O) groups is 1. The van der Waals surface area contributed by atoms with E-state index in [1.807, 2.05) is 0 Å². The van der Waals surface area contributed by atoms with Crippen LogP contribution in [0, 0.1) is 5.82 Å². The van der Waals surface area contributed by atoms with Gasteiger partial charge in [-0.1, -0.05) is 18.2 Å². The highest BCUT2D eigenvalue weighted by Crippen LogP contribution is 2.09. The van der Waals surface area contributed by atoms with E-state index < -0.39 is 24.4 Å². The molecule has 0 bridgehead atoms. The van der Waals surface area contributed by atoms with Crippen LogP contribution in [0.25, 0.3) is 0 Å². The van der Waals surface area contributed by atoms with Crippen molar-refractivity contribution in [2.24, 2.45) is 0 Å². The van der Waals surface area contributed by atoms with Crippen LogP contribution in [-0.2, 0) is 11.2 Å². The molecule has 0 fully saturated rings. The molecule has 13 heavy (non-hydrogen) atoms. The van der Waals surface area contributed by atoms with Gasteiger partial charge in [-0.2, -0.15) is 0 Å². The molecule has 0 spiro atoms. The van der Waals surface area contributed by atoms with E-state index in [0.717, 1.165) is 6.07 Å². The molecule has 0 aliphatic carbocycles. The average molecular weight is 188 g/mol. The number of Topliss-reactive ketones (excluding diaryl/α,β-unsaturated/α-hetero) is 1. The van der Waals surface area contributed by atoms with Gasteiger partial charge in [0.15, 0.2) is 0 Å². The van der Waals surface area contributed by atoms with E-state index in [9.17, 15) is 18.0 Å². The highest BCUT2D eigenvalue weighted by atomic mass is 19.3. The molecule has 1 aromatic carbocycles. The predicted molar refractivity (Wildman–Crippen MR) is 41.1 cm³/mol. The summed E-state index contributed by atoms with van der Waals surface area (Å²) in [5, 5.41) is 0. The van der Waals surface area contributed by atoms with Crippen molar-refractivity contribution >= 4 is 5.78 Å². The van der Waals surface area contributed by atoms with Gasteiger partial charge in [-0.15, -0.1) is 0 Å². The lowest BCUT2D eigenvalue weighted by molar-refractivity contribution is -0.128. The molecule has 0 unspecified atom stereocenters. The summed E-state index contributed by atoms with van der Waals surface area (Å²) in [6.07, 6.45) is -3.58. The summed E-state index contributed by atoms with van der Waals surface area (Å²) in [5.74, 6) is -1.89. The van der Waals surface area contributed by atoms with Crippen LogP contribution < -0.4 is 0 Å². The average Bonchev–Trinajstić information content (AvgIpc) is 2.08. The molecule has 0 saturated heterocycles. The molecular formula is C9H7F3O. The Balaban J connectivity index is 2.75. The minimum absolute atomic E-state index is 0.00722. The van der Waals surface area contributed by atoms with Crippen molar-refractivity contribution in [1.29, 1.82) is 0 Å². The zero-order chi connectivity index (χ0) is 9.84. The normalized spacial score (nSPS) is 10.5. The number of rotatable bonds is 3. The quantitative estimate of drug-likeness (QED) is 0.710. The van der Waals surface area contributed by atoms with Crippen molar-refractivity contribution in [2.75, 3.05) is 0 Å². The molecule has 1 rings (SSSR count). The second kappa shape index (κ2) is 4.07. The molecule has 4 heteroatoms. The molecule has 0 amide bonds. The number of halogens is 3. The lowest BCUT2D eigenvalue weighted by atomic mass is 10.1. The van der Waals surface area contributed by atoms with Gasteiger partial charge < -0.3 is 0 Å². The number of hydrogen-bond donors (Lipinski definition) is 0. The Morgan fingerprint density at radius 2 is 1.92 bits per heavy atom. The number of alkyl halides is 2. The van der Waals surface area contributed by atoms with E-state index in [1.54, 1.807) is 0 Å². The maximum atomic E-state index is 12.8. The molecule has 1 nitrogen and oxygen atoms in total. The number of hydrogen-bond acceptors (Lipinski definition) is 1.